The Morgan fingerprint density at radius 1 is 0.972 bits per heavy atom. The van der Waals surface area contributed by atoms with Gasteiger partial charge in [-0.15, -0.1) is 0 Å². The molecule has 3 rings (SSSR count). The molecule has 0 unspecified atom stereocenters. The lowest BCUT2D eigenvalue weighted by atomic mass is 10.0. The second kappa shape index (κ2) is 13.7. The summed E-state index contributed by atoms with van der Waals surface area (Å²) in [6.07, 6.45) is 1.33. The molecule has 2 aromatic carbocycles. The number of anilines is 1. The van der Waals surface area contributed by atoms with Crippen molar-refractivity contribution in [2.24, 2.45) is 0 Å². The van der Waals surface area contributed by atoms with Gasteiger partial charge in [-0.05, 0) is 35.4 Å². The smallest absolute Gasteiger partial charge is 0.247 e. The number of methoxy groups -OCH3 is 1. The van der Waals surface area contributed by atoms with Crippen LogP contribution in [0.3, 0.4) is 0 Å². The summed E-state index contributed by atoms with van der Waals surface area (Å²) in [6, 6.07) is 18.8. The van der Waals surface area contributed by atoms with Crippen molar-refractivity contribution in [3.05, 3.63) is 95.9 Å². The first kappa shape index (κ1) is 26.5. The summed E-state index contributed by atoms with van der Waals surface area (Å²) in [4.78, 5) is 44.6. The number of benzene rings is 2. The van der Waals surface area contributed by atoms with Crippen molar-refractivity contribution >= 4 is 23.5 Å². The Morgan fingerprint density at radius 2 is 1.69 bits per heavy atom. The van der Waals surface area contributed by atoms with E-state index < -0.39 is 23.7 Å². The number of hydrogen-bond donors (Lipinski definition) is 2. The van der Waals surface area contributed by atoms with Crippen LogP contribution in [0, 0.1) is 5.82 Å². The van der Waals surface area contributed by atoms with Crippen molar-refractivity contribution in [3.8, 4) is 0 Å². The van der Waals surface area contributed by atoms with Crippen molar-refractivity contribution in [2.75, 3.05) is 25.6 Å². The Kier molecular flexibility index (Phi) is 10.1. The zero-order valence-corrected chi connectivity index (χ0v) is 20.0. The maximum absolute atomic E-state index is 13.6. The standard InChI is InChI=1S/C27H29FN4O4/c1-36-18-17-30-27(35)26(21-10-12-22(28)13-11-21)32(19-20-7-3-2-4-8-20)25(34)15-14-24(33)31-23-9-5-6-16-29-23/h2-13,16,26H,14-15,17-19H2,1H3,(H,30,35)(H,29,31,33)/t26-/m1/s1. The lowest BCUT2D eigenvalue weighted by Crippen LogP contribution is -2.44. The summed E-state index contributed by atoms with van der Waals surface area (Å²) in [5.41, 5.74) is 1.26. The van der Waals surface area contributed by atoms with E-state index in [4.69, 9.17) is 4.74 Å². The maximum Gasteiger partial charge on any atom is 0.247 e. The molecule has 0 saturated carbocycles. The van der Waals surface area contributed by atoms with Gasteiger partial charge in [0, 0.05) is 39.2 Å². The predicted octanol–water partition coefficient (Wildman–Crippen LogP) is 3.47. The van der Waals surface area contributed by atoms with Crippen LogP contribution in [0.2, 0.25) is 0 Å². The van der Waals surface area contributed by atoms with Gasteiger partial charge in [0.15, 0.2) is 0 Å². The van der Waals surface area contributed by atoms with Gasteiger partial charge in [-0.25, -0.2) is 9.37 Å². The molecule has 36 heavy (non-hydrogen) atoms. The van der Waals surface area contributed by atoms with E-state index in [0.29, 0.717) is 18.0 Å². The fourth-order valence-electron chi connectivity index (χ4n) is 3.60. The molecule has 0 radical (unpaired) electrons. The molecule has 0 fully saturated rings. The topological polar surface area (TPSA) is 101 Å². The van der Waals surface area contributed by atoms with Crippen LogP contribution in [0.4, 0.5) is 10.2 Å². The molecule has 3 amide bonds. The number of ether oxygens (including phenoxy) is 1. The highest BCUT2D eigenvalue weighted by Crippen LogP contribution is 2.25. The Bertz CT molecular complexity index is 1130. The molecule has 0 saturated heterocycles. The van der Waals surface area contributed by atoms with Gasteiger partial charge < -0.3 is 20.3 Å². The highest BCUT2D eigenvalue weighted by Gasteiger charge is 2.31. The number of pyridine rings is 1. The summed E-state index contributed by atoms with van der Waals surface area (Å²) in [5, 5.41) is 5.43. The van der Waals surface area contributed by atoms with E-state index in [0.717, 1.165) is 5.56 Å². The van der Waals surface area contributed by atoms with Crippen LogP contribution in [-0.2, 0) is 25.7 Å². The molecule has 0 bridgehead atoms. The fraction of sp³-hybridized carbons (Fsp3) is 0.259. The largest absolute Gasteiger partial charge is 0.383 e. The SMILES string of the molecule is COCCNC(=O)[C@@H](c1ccc(F)cc1)N(Cc1ccccc1)C(=O)CCC(=O)Nc1ccccn1. The van der Waals surface area contributed by atoms with Gasteiger partial charge in [0.2, 0.25) is 17.7 Å². The van der Waals surface area contributed by atoms with Crippen molar-refractivity contribution in [3.63, 3.8) is 0 Å². The number of aromatic nitrogens is 1. The van der Waals surface area contributed by atoms with Gasteiger partial charge in [-0.1, -0.05) is 48.5 Å². The Balaban J connectivity index is 1.84. The third kappa shape index (κ3) is 7.99. The van der Waals surface area contributed by atoms with Crippen molar-refractivity contribution in [1.29, 1.82) is 0 Å². The average Bonchev–Trinajstić information content (AvgIpc) is 2.89. The lowest BCUT2D eigenvalue weighted by molar-refractivity contribution is -0.142. The molecule has 1 heterocycles. The molecule has 0 aliphatic rings. The maximum atomic E-state index is 13.6. The van der Waals surface area contributed by atoms with Gasteiger partial charge in [0.25, 0.3) is 0 Å². The first-order valence-corrected chi connectivity index (χ1v) is 11.5. The Labute approximate surface area is 209 Å². The number of nitrogens with zero attached hydrogens (tertiary/aromatic N) is 2. The molecule has 2 N–H and O–H groups in total. The molecule has 0 spiro atoms. The van der Waals surface area contributed by atoms with Crippen molar-refractivity contribution in [2.45, 2.75) is 25.4 Å². The molecule has 0 aliphatic carbocycles. The lowest BCUT2D eigenvalue weighted by Gasteiger charge is -2.31. The molecule has 188 valence electrons. The second-order valence-corrected chi connectivity index (χ2v) is 8.01. The zero-order valence-electron chi connectivity index (χ0n) is 20.0. The molecule has 0 aliphatic heterocycles. The van der Waals surface area contributed by atoms with Gasteiger partial charge >= 0.3 is 0 Å². The van der Waals surface area contributed by atoms with Gasteiger partial charge in [0.05, 0.1) is 6.61 Å². The number of carbonyl (C=O) groups is 3. The zero-order chi connectivity index (χ0) is 25.8. The first-order valence-electron chi connectivity index (χ1n) is 11.5. The van der Waals surface area contributed by atoms with E-state index in [1.807, 2.05) is 30.3 Å². The Morgan fingerprint density at radius 3 is 2.36 bits per heavy atom. The van der Waals surface area contributed by atoms with Crippen LogP contribution < -0.4 is 10.6 Å². The molecule has 1 aromatic heterocycles. The second-order valence-electron chi connectivity index (χ2n) is 8.01. The first-order chi connectivity index (χ1) is 17.5. The minimum absolute atomic E-state index is 0.0951. The van der Waals surface area contributed by atoms with E-state index >= 15 is 0 Å². The molecular formula is C27H29FN4O4. The minimum Gasteiger partial charge on any atom is -0.383 e. The van der Waals surface area contributed by atoms with Gasteiger partial charge in [-0.3, -0.25) is 14.4 Å². The minimum atomic E-state index is -1.03. The van der Waals surface area contributed by atoms with Gasteiger partial charge in [0.1, 0.15) is 17.7 Å². The van der Waals surface area contributed by atoms with E-state index in [1.165, 1.54) is 36.3 Å². The molecule has 1 atom stereocenters. The number of nitrogens with one attached hydrogen (secondary N) is 2. The van der Waals surface area contributed by atoms with Crippen LogP contribution >= 0.6 is 0 Å². The number of carbonyl (C=O) groups excluding carboxylic acids is 3. The van der Waals surface area contributed by atoms with E-state index in [1.54, 1.807) is 24.4 Å². The number of rotatable bonds is 12. The van der Waals surface area contributed by atoms with Crippen LogP contribution in [0.25, 0.3) is 0 Å². The van der Waals surface area contributed by atoms with Crippen LogP contribution in [-0.4, -0.2) is 47.9 Å². The average molecular weight is 493 g/mol. The van der Waals surface area contributed by atoms with Crippen molar-refractivity contribution < 1.29 is 23.5 Å². The van der Waals surface area contributed by atoms with E-state index in [2.05, 4.69) is 15.6 Å². The highest BCUT2D eigenvalue weighted by molar-refractivity contribution is 5.94. The van der Waals surface area contributed by atoms with Crippen LogP contribution in [0.5, 0.6) is 0 Å². The van der Waals surface area contributed by atoms with Crippen molar-refractivity contribution in [1.82, 2.24) is 15.2 Å². The van der Waals surface area contributed by atoms with E-state index in [9.17, 15) is 18.8 Å². The summed E-state index contributed by atoms with van der Waals surface area (Å²) < 4.78 is 18.7. The molecular weight excluding hydrogens is 463 g/mol. The van der Waals surface area contributed by atoms with Crippen LogP contribution in [0.15, 0.2) is 79.0 Å². The quantitative estimate of drug-likeness (QED) is 0.377. The fourth-order valence-corrected chi connectivity index (χ4v) is 3.60. The van der Waals surface area contributed by atoms with Gasteiger partial charge in [-0.2, -0.15) is 0 Å². The monoisotopic (exact) mass is 492 g/mol. The number of amides is 3. The normalized spacial score (nSPS) is 11.4. The molecule has 3 aromatic rings. The summed E-state index contributed by atoms with van der Waals surface area (Å²) in [6.45, 7) is 0.663. The van der Waals surface area contributed by atoms with Crippen LogP contribution in [0.1, 0.15) is 30.0 Å². The highest BCUT2D eigenvalue weighted by atomic mass is 19.1. The summed E-state index contributed by atoms with van der Waals surface area (Å²) >= 11 is 0. The summed E-state index contributed by atoms with van der Waals surface area (Å²) in [5.74, 6) is -1.26. The summed E-state index contributed by atoms with van der Waals surface area (Å²) in [7, 11) is 1.52. The third-order valence-corrected chi connectivity index (χ3v) is 5.37. The molecule has 9 heteroatoms. The van der Waals surface area contributed by atoms with E-state index in [-0.39, 0.29) is 31.8 Å². The Hall–Kier alpha value is -4.11. The number of halogens is 1. The molecule has 8 nitrogen and oxygen atoms in total. The number of hydrogen-bond acceptors (Lipinski definition) is 5. The third-order valence-electron chi connectivity index (χ3n) is 5.37. The predicted molar refractivity (Wildman–Crippen MR) is 133 cm³/mol.